The third-order valence-electron chi connectivity index (χ3n) is 6.32. The number of hydrogen-bond donors (Lipinski definition) is 1. The van der Waals surface area contributed by atoms with E-state index in [0.29, 0.717) is 28.0 Å². The Bertz CT molecular complexity index is 1650. The van der Waals surface area contributed by atoms with E-state index in [9.17, 15) is 22.0 Å². The average Bonchev–Trinajstić information content (AvgIpc) is 3.43. The lowest BCUT2D eigenvalue weighted by Crippen LogP contribution is -2.26. The summed E-state index contributed by atoms with van der Waals surface area (Å²) in [6, 6.07) is 16.1. The lowest BCUT2D eigenvalue weighted by atomic mass is 10.1. The number of alkyl halides is 2. The molecule has 0 fully saturated rings. The lowest BCUT2D eigenvalue weighted by Gasteiger charge is -2.11. The number of sulfone groups is 1. The summed E-state index contributed by atoms with van der Waals surface area (Å²) in [4.78, 5) is 17.7. The Balaban J connectivity index is 1.36. The van der Waals surface area contributed by atoms with E-state index in [2.05, 4.69) is 15.0 Å². The molecule has 1 aliphatic rings. The fraction of sp³-hybridized carbons (Fsp3) is 0.259. The van der Waals surface area contributed by atoms with Crippen LogP contribution in [0, 0.1) is 0 Å². The van der Waals surface area contributed by atoms with Crippen molar-refractivity contribution in [3.8, 4) is 11.5 Å². The summed E-state index contributed by atoms with van der Waals surface area (Å²) in [6.45, 7) is 2.10. The molecule has 3 aromatic carbocycles. The first-order chi connectivity index (χ1) is 18.6. The van der Waals surface area contributed by atoms with Crippen LogP contribution in [0.1, 0.15) is 34.2 Å². The number of carbonyl (C=O) groups is 1. The van der Waals surface area contributed by atoms with Crippen LogP contribution in [-0.2, 0) is 34.3 Å². The molecule has 1 aliphatic heterocycles. The Labute approximate surface area is 223 Å². The molecule has 1 aromatic heterocycles. The van der Waals surface area contributed by atoms with Crippen molar-refractivity contribution in [2.45, 2.75) is 37.8 Å². The second kappa shape index (κ2) is 10.3. The summed E-state index contributed by atoms with van der Waals surface area (Å²) in [6.07, 6.45) is -3.73. The van der Waals surface area contributed by atoms with Crippen molar-refractivity contribution < 1.29 is 36.2 Å². The summed E-state index contributed by atoms with van der Waals surface area (Å²) >= 11 is 0. The molecule has 4 aromatic rings. The van der Waals surface area contributed by atoms with E-state index in [0.717, 1.165) is 5.56 Å². The van der Waals surface area contributed by atoms with Gasteiger partial charge in [-0.1, -0.05) is 31.2 Å². The molecule has 12 heteroatoms. The van der Waals surface area contributed by atoms with Gasteiger partial charge in [0, 0.05) is 24.8 Å². The molecule has 1 N–H and O–H groups in total. The number of nitrogens with zero attached hydrogens (tertiary/aromatic N) is 2. The predicted octanol–water partition coefficient (Wildman–Crippen LogP) is 4.28. The quantitative estimate of drug-likeness (QED) is 0.327. The standard InChI is InChI=1S/C27H25F2N3O6S/c1-3-39(34,35)20-10-7-17(8-11-20)14-30-26(33)18-9-12-22-21(13-18)31-24(16-36-2)32(22)15-19-5-4-6-23-25(19)38-27(28,29)37-23/h4-13H,3,14-16H2,1-2H3,(H,30,33). The summed E-state index contributed by atoms with van der Waals surface area (Å²) in [5, 5.41) is 2.83. The molecule has 5 rings (SSSR count). The van der Waals surface area contributed by atoms with Gasteiger partial charge in [0.1, 0.15) is 12.4 Å². The van der Waals surface area contributed by atoms with Gasteiger partial charge in [-0.15, -0.1) is 8.78 Å². The topological polar surface area (TPSA) is 109 Å². The molecule has 0 spiro atoms. The number of halogens is 2. The van der Waals surface area contributed by atoms with Gasteiger partial charge in [-0.3, -0.25) is 4.79 Å². The van der Waals surface area contributed by atoms with Crippen LogP contribution in [-0.4, -0.2) is 43.0 Å². The van der Waals surface area contributed by atoms with E-state index in [-0.39, 0.29) is 47.8 Å². The molecule has 2 heterocycles. The number of fused-ring (bicyclic) bond motifs is 2. The number of ether oxygens (including phenoxy) is 3. The number of benzene rings is 3. The second-order valence-corrected chi connectivity index (χ2v) is 11.2. The highest BCUT2D eigenvalue weighted by Crippen LogP contribution is 2.43. The van der Waals surface area contributed by atoms with Gasteiger partial charge in [-0.05, 0) is 42.0 Å². The van der Waals surface area contributed by atoms with Crippen molar-refractivity contribution in [3.05, 3.63) is 83.2 Å². The maximum atomic E-state index is 13.7. The molecule has 0 aliphatic carbocycles. The smallest absolute Gasteiger partial charge is 0.395 e. The summed E-state index contributed by atoms with van der Waals surface area (Å²) < 4.78 is 67.7. The number of aromatic nitrogens is 2. The van der Waals surface area contributed by atoms with E-state index in [1.54, 1.807) is 49.4 Å². The second-order valence-electron chi connectivity index (χ2n) is 8.89. The van der Waals surface area contributed by atoms with Crippen LogP contribution in [0.3, 0.4) is 0 Å². The largest absolute Gasteiger partial charge is 0.586 e. The maximum Gasteiger partial charge on any atom is 0.586 e. The predicted molar refractivity (Wildman–Crippen MR) is 138 cm³/mol. The molecule has 39 heavy (non-hydrogen) atoms. The first kappa shape index (κ1) is 26.6. The fourth-order valence-corrected chi connectivity index (χ4v) is 5.21. The molecular formula is C27H25F2N3O6S. The Morgan fingerprint density at radius 2 is 1.87 bits per heavy atom. The molecule has 0 saturated carbocycles. The van der Waals surface area contributed by atoms with Gasteiger partial charge in [-0.25, -0.2) is 13.4 Å². The molecule has 9 nitrogen and oxygen atoms in total. The number of carbonyl (C=O) groups excluding carboxylic acids is 1. The SMILES string of the molecule is CCS(=O)(=O)c1ccc(CNC(=O)c2ccc3c(c2)nc(COC)n3Cc2cccc3c2OC(F)(F)O3)cc1. The molecular weight excluding hydrogens is 532 g/mol. The number of rotatable bonds is 9. The van der Waals surface area contributed by atoms with Gasteiger partial charge in [0.05, 0.1) is 28.2 Å². The Kier molecular flexibility index (Phi) is 7.00. The first-order valence-corrected chi connectivity index (χ1v) is 13.7. The Morgan fingerprint density at radius 1 is 1.10 bits per heavy atom. The highest BCUT2D eigenvalue weighted by molar-refractivity contribution is 7.91. The monoisotopic (exact) mass is 557 g/mol. The molecule has 204 valence electrons. The minimum Gasteiger partial charge on any atom is -0.395 e. The van der Waals surface area contributed by atoms with Gasteiger partial charge in [0.2, 0.25) is 0 Å². The Hall–Kier alpha value is -4.03. The van der Waals surface area contributed by atoms with Crippen LogP contribution in [0.2, 0.25) is 0 Å². The molecule has 0 atom stereocenters. The van der Waals surface area contributed by atoms with E-state index < -0.39 is 16.1 Å². The molecule has 0 unspecified atom stereocenters. The zero-order valence-electron chi connectivity index (χ0n) is 21.1. The van der Waals surface area contributed by atoms with Gasteiger partial charge in [0.25, 0.3) is 5.91 Å². The number of hydrogen-bond acceptors (Lipinski definition) is 7. The number of imidazole rings is 1. The van der Waals surface area contributed by atoms with Crippen molar-refractivity contribution >= 4 is 26.8 Å². The summed E-state index contributed by atoms with van der Waals surface area (Å²) in [5.74, 6) is 0.132. The molecule has 0 saturated heterocycles. The Morgan fingerprint density at radius 3 is 2.59 bits per heavy atom. The minimum atomic E-state index is -3.73. The lowest BCUT2D eigenvalue weighted by molar-refractivity contribution is -0.286. The van der Waals surface area contributed by atoms with E-state index >= 15 is 0 Å². The number of methoxy groups -OCH3 is 1. The molecule has 0 radical (unpaired) electrons. The first-order valence-electron chi connectivity index (χ1n) is 12.1. The van der Waals surface area contributed by atoms with Crippen LogP contribution < -0.4 is 14.8 Å². The number of para-hydroxylation sites is 1. The molecule has 1 amide bonds. The van der Waals surface area contributed by atoms with Crippen LogP contribution >= 0.6 is 0 Å². The maximum absolute atomic E-state index is 13.7. The van der Waals surface area contributed by atoms with Crippen molar-refractivity contribution in [1.82, 2.24) is 14.9 Å². The van der Waals surface area contributed by atoms with Gasteiger partial charge in [-0.2, -0.15) is 0 Å². The highest BCUT2D eigenvalue weighted by Gasteiger charge is 2.44. The van der Waals surface area contributed by atoms with Crippen molar-refractivity contribution in [2.75, 3.05) is 12.9 Å². The molecule has 0 bridgehead atoms. The van der Waals surface area contributed by atoms with Gasteiger partial charge in [0.15, 0.2) is 21.3 Å². The van der Waals surface area contributed by atoms with Crippen LogP contribution in [0.4, 0.5) is 8.78 Å². The van der Waals surface area contributed by atoms with Crippen LogP contribution in [0.15, 0.2) is 65.6 Å². The summed E-state index contributed by atoms with van der Waals surface area (Å²) in [5.41, 5.74) is 2.80. The van der Waals surface area contributed by atoms with E-state index in [1.165, 1.54) is 25.3 Å². The number of amides is 1. The fourth-order valence-electron chi connectivity index (χ4n) is 4.32. The van der Waals surface area contributed by atoms with Gasteiger partial charge >= 0.3 is 6.29 Å². The van der Waals surface area contributed by atoms with E-state index in [4.69, 9.17) is 9.47 Å². The van der Waals surface area contributed by atoms with Crippen molar-refractivity contribution in [3.63, 3.8) is 0 Å². The average molecular weight is 558 g/mol. The van der Waals surface area contributed by atoms with Crippen molar-refractivity contribution in [1.29, 1.82) is 0 Å². The van der Waals surface area contributed by atoms with Crippen LogP contribution in [0.5, 0.6) is 11.5 Å². The zero-order valence-corrected chi connectivity index (χ0v) is 21.9. The highest BCUT2D eigenvalue weighted by atomic mass is 32.2. The zero-order chi connectivity index (χ0) is 27.8. The summed E-state index contributed by atoms with van der Waals surface area (Å²) in [7, 11) is -1.78. The third kappa shape index (κ3) is 5.43. The minimum absolute atomic E-state index is 0.0130. The number of nitrogens with one attached hydrogen (secondary N) is 1. The normalized spacial score (nSPS) is 14.1. The van der Waals surface area contributed by atoms with E-state index in [1.807, 2.05) is 4.57 Å². The van der Waals surface area contributed by atoms with Crippen LogP contribution in [0.25, 0.3) is 11.0 Å². The van der Waals surface area contributed by atoms with Gasteiger partial charge < -0.3 is 24.1 Å². The van der Waals surface area contributed by atoms with Crippen molar-refractivity contribution in [2.24, 2.45) is 0 Å². The third-order valence-corrected chi connectivity index (χ3v) is 8.07.